The fraction of sp³-hybridized carbons (Fsp3) is 0.500. The van der Waals surface area contributed by atoms with E-state index in [0.717, 1.165) is 24.9 Å². The molecule has 30 heavy (non-hydrogen) atoms. The van der Waals surface area contributed by atoms with E-state index in [2.05, 4.69) is 36.1 Å². The molecular formula is C22H28N6O2. The molecule has 1 aromatic carbocycles. The summed E-state index contributed by atoms with van der Waals surface area (Å²) < 4.78 is 1.66. The molecule has 1 saturated heterocycles. The van der Waals surface area contributed by atoms with Crippen LogP contribution in [-0.4, -0.2) is 48.9 Å². The van der Waals surface area contributed by atoms with Gasteiger partial charge in [0.1, 0.15) is 5.82 Å². The van der Waals surface area contributed by atoms with Gasteiger partial charge in [0.2, 0.25) is 5.91 Å². The lowest BCUT2D eigenvalue weighted by Gasteiger charge is -2.34. The molecule has 1 fully saturated rings. The van der Waals surface area contributed by atoms with Crippen molar-refractivity contribution in [1.29, 1.82) is 0 Å². The van der Waals surface area contributed by atoms with Crippen LogP contribution in [0.15, 0.2) is 35.1 Å². The van der Waals surface area contributed by atoms with Gasteiger partial charge in [-0.25, -0.2) is 9.67 Å². The molecule has 1 atom stereocenters. The predicted molar refractivity (Wildman–Crippen MR) is 114 cm³/mol. The zero-order chi connectivity index (χ0) is 21.3. The summed E-state index contributed by atoms with van der Waals surface area (Å²) in [6.45, 7) is 8.03. The second-order valence-corrected chi connectivity index (χ2v) is 9.27. The van der Waals surface area contributed by atoms with Gasteiger partial charge in [-0.05, 0) is 23.8 Å². The van der Waals surface area contributed by atoms with Crippen LogP contribution >= 0.6 is 0 Å². The molecule has 0 radical (unpaired) electrons. The summed E-state index contributed by atoms with van der Waals surface area (Å²) in [5, 5.41) is 8.17. The number of aromatic nitrogens is 5. The van der Waals surface area contributed by atoms with Gasteiger partial charge in [0.25, 0.3) is 5.56 Å². The summed E-state index contributed by atoms with van der Waals surface area (Å²) >= 11 is 0. The number of rotatable bonds is 4. The van der Waals surface area contributed by atoms with Crippen LogP contribution in [0.3, 0.4) is 0 Å². The first kappa shape index (κ1) is 20.3. The molecule has 0 spiro atoms. The van der Waals surface area contributed by atoms with Gasteiger partial charge in [-0.3, -0.25) is 9.59 Å². The Labute approximate surface area is 175 Å². The van der Waals surface area contributed by atoms with Crippen LogP contribution in [-0.2, 0) is 11.3 Å². The molecule has 3 aromatic rings. The van der Waals surface area contributed by atoms with Crippen LogP contribution in [0.2, 0.25) is 0 Å². The largest absolute Gasteiger partial charge is 0.342 e. The van der Waals surface area contributed by atoms with Gasteiger partial charge in [-0.15, -0.1) is 5.10 Å². The molecule has 1 amide bonds. The van der Waals surface area contributed by atoms with E-state index in [0.29, 0.717) is 31.0 Å². The fourth-order valence-electron chi connectivity index (χ4n) is 3.93. The topological polar surface area (TPSA) is 96.8 Å². The van der Waals surface area contributed by atoms with Crippen molar-refractivity contribution in [2.24, 2.45) is 5.41 Å². The number of benzene rings is 1. The van der Waals surface area contributed by atoms with Gasteiger partial charge < -0.3 is 9.88 Å². The number of carbonyl (C=O) groups excluding carboxylic acids is 1. The van der Waals surface area contributed by atoms with E-state index < -0.39 is 0 Å². The monoisotopic (exact) mass is 408 g/mol. The Bertz CT molecular complexity index is 1100. The molecule has 1 aliphatic heterocycles. The summed E-state index contributed by atoms with van der Waals surface area (Å²) in [5.74, 6) is 0.767. The number of H-pyrrole nitrogens is 1. The van der Waals surface area contributed by atoms with Gasteiger partial charge in [-0.1, -0.05) is 56.3 Å². The second-order valence-electron chi connectivity index (χ2n) is 9.27. The van der Waals surface area contributed by atoms with Gasteiger partial charge >= 0.3 is 0 Å². The maximum absolute atomic E-state index is 12.7. The molecule has 0 bridgehead atoms. The molecule has 0 saturated carbocycles. The smallest absolute Gasteiger partial charge is 0.281 e. The van der Waals surface area contributed by atoms with Crippen molar-refractivity contribution in [2.45, 2.75) is 52.5 Å². The third-order valence-corrected chi connectivity index (χ3v) is 5.41. The van der Waals surface area contributed by atoms with E-state index in [-0.39, 0.29) is 28.3 Å². The van der Waals surface area contributed by atoms with E-state index in [9.17, 15) is 9.59 Å². The van der Waals surface area contributed by atoms with Gasteiger partial charge in [0.05, 0.1) is 6.54 Å². The Morgan fingerprint density at radius 2 is 2.00 bits per heavy atom. The third-order valence-electron chi connectivity index (χ3n) is 5.41. The van der Waals surface area contributed by atoms with Gasteiger partial charge in [0, 0.05) is 25.4 Å². The lowest BCUT2D eigenvalue weighted by atomic mass is 9.90. The number of fused-ring (bicyclic) bond motifs is 1. The maximum atomic E-state index is 12.7. The average molecular weight is 409 g/mol. The van der Waals surface area contributed by atoms with Crippen LogP contribution in [0.5, 0.6) is 0 Å². The predicted octanol–water partition coefficient (Wildman–Crippen LogP) is 2.71. The number of carbonyl (C=O) groups is 1. The summed E-state index contributed by atoms with van der Waals surface area (Å²) in [6, 6.07) is 9.89. The van der Waals surface area contributed by atoms with E-state index in [1.165, 1.54) is 0 Å². The number of piperidine rings is 1. The van der Waals surface area contributed by atoms with Crippen molar-refractivity contribution < 1.29 is 4.79 Å². The zero-order valence-corrected chi connectivity index (χ0v) is 17.8. The minimum atomic E-state index is -0.285. The second kappa shape index (κ2) is 8.01. The van der Waals surface area contributed by atoms with Crippen LogP contribution < -0.4 is 5.56 Å². The molecule has 1 unspecified atom stereocenters. The molecule has 158 valence electrons. The lowest BCUT2D eigenvalue weighted by molar-refractivity contribution is -0.134. The highest BCUT2D eigenvalue weighted by Gasteiger charge is 2.29. The van der Waals surface area contributed by atoms with Crippen molar-refractivity contribution in [3.8, 4) is 0 Å². The first-order valence-corrected chi connectivity index (χ1v) is 10.5. The number of nitrogens with one attached hydrogen (secondary N) is 1. The van der Waals surface area contributed by atoms with Crippen molar-refractivity contribution in [1.82, 2.24) is 29.9 Å². The fourth-order valence-corrected chi connectivity index (χ4v) is 3.93. The number of hydrogen-bond acceptors (Lipinski definition) is 5. The van der Waals surface area contributed by atoms with E-state index in [1.807, 2.05) is 35.2 Å². The van der Waals surface area contributed by atoms with Crippen LogP contribution in [0, 0.1) is 5.41 Å². The van der Waals surface area contributed by atoms with Crippen molar-refractivity contribution in [3.63, 3.8) is 0 Å². The van der Waals surface area contributed by atoms with Crippen molar-refractivity contribution in [2.75, 3.05) is 13.1 Å². The highest BCUT2D eigenvalue weighted by Crippen LogP contribution is 2.27. The summed E-state index contributed by atoms with van der Waals surface area (Å²) in [4.78, 5) is 34.8. The van der Waals surface area contributed by atoms with E-state index in [4.69, 9.17) is 4.98 Å². The normalized spacial score (nSPS) is 17.4. The van der Waals surface area contributed by atoms with E-state index >= 15 is 0 Å². The molecule has 2 aromatic heterocycles. The molecule has 8 heteroatoms. The molecule has 1 aliphatic rings. The first-order valence-electron chi connectivity index (χ1n) is 10.5. The number of amides is 1. The summed E-state index contributed by atoms with van der Waals surface area (Å²) in [6.07, 6.45) is 2.29. The Morgan fingerprint density at radius 1 is 1.23 bits per heavy atom. The van der Waals surface area contributed by atoms with Gasteiger partial charge in [-0.2, -0.15) is 0 Å². The average Bonchev–Trinajstić information content (AvgIpc) is 3.11. The Balaban J connectivity index is 1.60. The van der Waals surface area contributed by atoms with Crippen LogP contribution in [0.1, 0.15) is 57.3 Å². The zero-order valence-electron chi connectivity index (χ0n) is 17.8. The molecule has 3 heterocycles. The SMILES string of the molecule is CC(C)(C)CC(=O)N1CCCC(c2nc3c(nnn3Cc3ccccc3)c(=O)[nH]2)C1. The minimum Gasteiger partial charge on any atom is -0.342 e. The van der Waals surface area contributed by atoms with Crippen molar-refractivity contribution in [3.05, 3.63) is 52.1 Å². The lowest BCUT2D eigenvalue weighted by Crippen LogP contribution is -2.41. The Hall–Kier alpha value is -3.03. The van der Waals surface area contributed by atoms with Crippen LogP contribution in [0.4, 0.5) is 0 Å². The number of nitrogens with zero attached hydrogens (tertiary/aromatic N) is 5. The first-order chi connectivity index (χ1) is 14.3. The summed E-state index contributed by atoms with van der Waals surface area (Å²) in [5.41, 5.74) is 1.45. The third kappa shape index (κ3) is 4.42. The van der Waals surface area contributed by atoms with Gasteiger partial charge in [0.15, 0.2) is 11.2 Å². The van der Waals surface area contributed by atoms with Crippen molar-refractivity contribution >= 4 is 17.1 Å². The number of aromatic amines is 1. The number of hydrogen-bond donors (Lipinski definition) is 1. The minimum absolute atomic E-state index is 0.000145. The molecule has 0 aliphatic carbocycles. The maximum Gasteiger partial charge on any atom is 0.281 e. The van der Waals surface area contributed by atoms with Crippen LogP contribution in [0.25, 0.3) is 11.2 Å². The molecule has 1 N–H and O–H groups in total. The Morgan fingerprint density at radius 3 is 2.73 bits per heavy atom. The quantitative estimate of drug-likeness (QED) is 0.716. The standard InChI is InChI=1S/C22H28N6O2/c1-22(2,3)12-17(29)27-11-7-10-16(14-27)19-23-20-18(21(30)24-19)25-26-28(20)13-15-8-5-4-6-9-15/h4-6,8-9,16H,7,10-14H2,1-3H3,(H,23,24,30). The summed E-state index contributed by atoms with van der Waals surface area (Å²) in [7, 11) is 0. The Kier molecular flexibility index (Phi) is 5.40. The molecule has 4 rings (SSSR count). The molecule has 8 nitrogen and oxygen atoms in total. The highest BCUT2D eigenvalue weighted by molar-refractivity contribution is 5.77. The highest BCUT2D eigenvalue weighted by atomic mass is 16.2. The van der Waals surface area contributed by atoms with E-state index in [1.54, 1.807) is 4.68 Å². The number of likely N-dealkylation sites (tertiary alicyclic amines) is 1. The molecular weight excluding hydrogens is 380 g/mol.